The Kier molecular flexibility index (Phi) is 4.28. The van der Waals surface area contributed by atoms with Crippen molar-refractivity contribution in [3.63, 3.8) is 0 Å². The molecule has 3 aliphatic rings. The van der Waals surface area contributed by atoms with Crippen LogP contribution in [0.5, 0.6) is 0 Å². The van der Waals surface area contributed by atoms with Gasteiger partial charge in [0.05, 0.1) is 12.0 Å². The van der Waals surface area contributed by atoms with Gasteiger partial charge in [-0.2, -0.15) is 0 Å². The van der Waals surface area contributed by atoms with E-state index in [-0.39, 0.29) is 11.8 Å². The fourth-order valence-corrected chi connectivity index (χ4v) is 4.83. The van der Waals surface area contributed by atoms with Crippen LogP contribution in [0.25, 0.3) is 0 Å². The summed E-state index contributed by atoms with van der Waals surface area (Å²) in [5.74, 6) is -0.670. The number of carbonyl (C=O) groups is 2. The second-order valence-electron chi connectivity index (χ2n) is 8.02. The van der Waals surface area contributed by atoms with Crippen LogP contribution in [0.3, 0.4) is 0 Å². The number of benzene rings is 1. The Morgan fingerprint density at radius 3 is 2.50 bits per heavy atom. The second-order valence-corrected chi connectivity index (χ2v) is 8.02. The summed E-state index contributed by atoms with van der Waals surface area (Å²) >= 11 is 0. The topological polar surface area (TPSA) is 70.1 Å². The number of carboxylic acids is 1. The summed E-state index contributed by atoms with van der Waals surface area (Å²) < 4.78 is 5.13. The van der Waals surface area contributed by atoms with E-state index in [4.69, 9.17) is 4.74 Å². The van der Waals surface area contributed by atoms with E-state index in [1.165, 1.54) is 0 Å². The van der Waals surface area contributed by atoms with Crippen molar-refractivity contribution in [1.82, 2.24) is 9.80 Å². The maximum Gasteiger partial charge on any atom is 0.313 e. The molecule has 1 saturated carbocycles. The van der Waals surface area contributed by atoms with Crippen molar-refractivity contribution in [3.8, 4) is 0 Å². The molecular weight excluding hydrogens is 332 g/mol. The normalized spacial score (nSPS) is 29.6. The van der Waals surface area contributed by atoms with E-state index < -0.39 is 16.8 Å². The quantitative estimate of drug-likeness (QED) is 0.828. The van der Waals surface area contributed by atoms with Crippen molar-refractivity contribution in [1.29, 1.82) is 0 Å². The van der Waals surface area contributed by atoms with E-state index in [1.54, 1.807) is 7.11 Å². The minimum Gasteiger partial charge on any atom is -0.481 e. The lowest BCUT2D eigenvalue weighted by Gasteiger charge is -2.28. The summed E-state index contributed by atoms with van der Waals surface area (Å²) in [6.45, 7) is 3.43. The molecule has 140 valence electrons. The molecule has 0 aromatic heterocycles. The van der Waals surface area contributed by atoms with Gasteiger partial charge in [-0.15, -0.1) is 0 Å². The summed E-state index contributed by atoms with van der Waals surface area (Å²) in [4.78, 5) is 29.4. The maximum atomic E-state index is 13.3. The highest BCUT2D eigenvalue weighted by molar-refractivity contribution is 5.92. The van der Waals surface area contributed by atoms with Gasteiger partial charge in [0.1, 0.15) is 5.41 Å². The van der Waals surface area contributed by atoms with Crippen molar-refractivity contribution in [3.05, 3.63) is 35.9 Å². The lowest BCUT2D eigenvalue weighted by Crippen LogP contribution is -2.44. The average Bonchev–Trinajstić information content (AvgIpc) is 3.26. The van der Waals surface area contributed by atoms with E-state index in [2.05, 4.69) is 4.90 Å². The first-order chi connectivity index (χ1) is 12.5. The van der Waals surface area contributed by atoms with Gasteiger partial charge in [0.15, 0.2) is 0 Å². The lowest BCUT2D eigenvalue weighted by molar-refractivity contribution is -0.149. The SMILES string of the molecule is COCCN1C[C@H]2CN(C(=O)C3(c4ccccc4)CC3)C[C@@]2(C(=O)O)C1. The Bertz CT molecular complexity index is 703. The Morgan fingerprint density at radius 1 is 1.19 bits per heavy atom. The molecule has 1 amide bonds. The van der Waals surface area contributed by atoms with Crippen LogP contribution >= 0.6 is 0 Å². The zero-order chi connectivity index (χ0) is 18.4. The summed E-state index contributed by atoms with van der Waals surface area (Å²) in [6, 6.07) is 9.92. The molecule has 3 fully saturated rings. The van der Waals surface area contributed by atoms with Crippen molar-refractivity contribution in [2.75, 3.05) is 46.4 Å². The van der Waals surface area contributed by atoms with Crippen LogP contribution in [0.15, 0.2) is 30.3 Å². The van der Waals surface area contributed by atoms with Crippen LogP contribution in [0, 0.1) is 11.3 Å². The van der Waals surface area contributed by atoms with Crippen LogP contribution in [-0.2, 0) is 19.7 Å². The summed E-state index contributed by atoms with van der Waals surface area (Å²) in [5.41, 5.74) is -0.195. The fourth-order valence-electron chi connectivity index (χ4n) is 4.83. The number of carboxylic acid groups (broad SMARTS) is 1. The largest absolute Gasteiger partial charge is 0.481 e. The Morgan fingerprint density at radius 2 is 1.92 bits per heavy atom. The number of nitrogens with zero attached hydrogens (tertiary/aromatic N) is 2. The van der Waals surface area contributed by atoms with E-state index in [9.17, 15) is 14.7 Å². The molecule has 0 radical (unpaired) electrons. The zero-order valence-electron chi connectivity index (χ0n) is 15.2. The number of fused-ring (bicyclic) bond motifs is 1. The third-order valence-corrected chi connectivity index (χ3v) is 6.49. The number of likely N-dealkylation sites (tertiary alicyclic amines) is 2. The zero-order valence-corrected chi connectivity index (χ0v) is 15.2. The number of ether oxygens (including phenoxy) is 1. The smallest absolute Gasteiger partial charge is 0.313 e. The van der Waals surface area contributed by atoms with E-state index in [1.807, 2.05) is 35.2 Å². The molecule has 1 aromatic carbocycles. The standard InChI is InChI=1S/C20H26N2O4/c1-26-10-9-21-11-16-12-22(14-20(16,13-21)18(24)25)17(23)19(7-8-19)15-5-3-2-4-6-15/h2-6,16H,7-14H2,1H3,(H,24,25)/t16-,20-/m0/s1. The lowest BCUT2D eigenvalue weighted by atomic mass is 9.81. The van der Waals surface area contributed by atoms with Gasteiger partial charge >= 0.3 is 5.97 Å². The molecule has 4 rings (SSSR count). The molecule has 6 heteroatoms. The molecule has 0 bridgehead atoms. The number of aliphatic carboxylic acids is 1. The molecule has 0 spiro atoms. The Labute approximate surface area is 153 Å². The number of rotatable bonds is 6. The molecule has 26 heavy (non-hydrogen) atoms. The molecule has 6 nitrogen and oxygen atoms in total. The summed E-state index contributed by atoms with van der Waals surface area (Å²) in [6.07, 6.45) is 1.72. The van der Waals surface area contributed by atoms with Crippen LogP contribution < -0.4 is 0 Å². The van der Waals surface area contributed by atoms with Crippen molar-refractivity contribution in [2.24, 2.45) is 11.3 Å². The number of amides is 1. The number of hydrogen-bond acceptors (Lipinski definition) is 4. The van der Waals surface area contributed by atoms with Crippen molar-refractivity contribution < 1.29 is 19.4 Å². The average molecular weight is 358 g/mol. The molecule has 2 aliphatic heterocycles. The van der Waals surface area contributed by atoms with Gasteiger partial charge in [-0.05, 0) is 18.4 Å². The first kappa shape index (κ1) is 17.5. The van der Waals surface area contributed by atoms with Gasteiger partial charge < -0.3 is 14.7 Å². The molecule has 1 aliphatic carbocycles. The third-order valence-electron chi connectivity index (χ3n) is 6.49. The number of hydrogen-bond donors (Lipinski definition) is 1. The van der Waals surface area contributed by atoms with E-state index in [0.717, 1.165) is 31.5 Å². The van der Waals surface area contributed by atoms with Crippen molar-refractivity contribution in [2.45, 2.75) is 18.3 Å². The minimum atomic E-state index is -0.837. The Hall–Kier alpha value is -1.92. The maximum absolute atomic E-state index is 13.3. The third kappa shape index (κ3) is 2.63. The van der Waals surface area contributed by atoms with Crippen LogP contribution in [-0.4, -0.2) is 73.2 Å². The monoisotopic (exact) mass is 358 g/mol. The summed E-state index contributed by atoms with van der Waals surface area (Å²) in [7, 11) is 1.66. The van der Waals surface area contributed by atoms with Gasteiger partial charge in [-0.3, -0.25) is 14.5 Å². The molecule has 1 aromatic rings. The predicted molar refractivity (Wildman–Crippen MR) is 95.8 cm³/mol. The molecule has 2 heterocycles. The van der Waals surface area contributed by atoms with Gasteiger partial charge in [0.25, 0.3) is 0 Å². The highest BCUT2D eigenvalue weighted by Gasteiger charge is 2.61. The molecule has 0 unspecified atom stereocenters. The van der Waals surface area contributed by atoms with Gasteiger partial charge in [-0.25, -0.2) is 0 Å². The highest BCUT2D eigenvalue weighted by Crippen LogP contribution is 2.52. The fraction of sp³-hybridized carbons (Fsp3) is 0.600. The first-order valence-electron chi connectivity index (χ1n) is 9.31. The van der Waals surface area contributed by atoms with Gasteiger partial charge in [0.2, 0.25) is 5.91 Å². The van der Waals surface area contributed by atoms with E-state index in [0.29, 0.717) is 26.2 Å². The van der Waals surface area contributed by atoms with Crippen LogP contribution in [0.1, 0.15) is 18.4 Å². The molecule has 2 saturated heterocycles. The Balaban J connectivity index is 1.51. The van der Waals surface area contributed by atoms with Gasteiger partial charge in [-0.1, -0.05) is 30.3 Å². The minimum absolute atomic E-state index is 0.00706. The van der Waals surface area contributed by atoms with Crippen LogP contribution in [0.4, 0.5) is 0 Å². The highest BCUT2D eigenvalue weighted by atomic mass is 16.5. The predicted octanol–water partition coefficient (Wildman–Crippen LogP) is 1.21. The van der Waals surface area contributed by atoms with E-state index >= 15 is 0 Å². The van der Waals surface area contributed by atoms with Gasteiger partial charge in [0, 0.05) is 45.8 Å². The van der Waals surface area contributed by atoms with Crippen LogP contribution in [0.2, 0.25) is 0 Å². The summed E-state index contributed by atoms with van der Waals surface area (Å²) in [5, 5.41) is 9.96. The second kappa shape index (κ2) is 6.35. The first-order valence-corrected chi connectivity index (χ1v) is 9.31. The molecule has 1 N–H and O–H groups in total. The number of methoxy groups -OCH3 is 1. The van der Waals surface area contributed by atoms with Crippen molar-refractivity contribution >= 4 is 11.9 Å². The molecular formula is C20H26N2O4. The molecule has 2 atom stereocenters. The number of carbonyl (C=O) groups excluding carboxylic acids is 1.